The van der Waals surface area contributed by atoms with E-state index in [-0.39, 0.29) is 6.10 Å². The Hall–Kier alpha value is -0.500. The molecule has 0 aromatic heterocycles. The van der Waals surface area contributed by atoms with Crippen molar-refractivity contribution in [1.82, 2.24) is 0 Å². The topological polar surface area (TPSA) is 18.5 Å². The molecule has 0 radical (unpaired) electrons. The highest BCUT2D eigenvalue weighted by Gasteiger charge is 2.25. The smallest absolute Gasteiger partial charge is 0.123 e. The van der Waals surface area contributed by atoms with E-state index in [2.05, 4.69) is 13.8 Å². The molecule has 0 aliphatic heterocycles. The average molecular weight is 170 g/mol. The van der Waals surface area contributed by atoms with E-state index in [9.17, 15) is 0 Å². The van der Waals surface area contributed by atoms with E-state index in [4.69, 9.17) is 9.47 Å². The van der Waals surface area contributed by atoms with E-state index in [1.807, 2.05) is 0 Å². The minimum Gasteiger partial charge on any atom is -0.498 e. The van der Waals surface area contributed by atoms with Gasteiger partial charge in [-0.15, -0.1) is 0 Å². The van der Waals surface area contributed by atoms with Gasteiger partial charge in [0, 0.05) is 7.11 Å². The minimum atomic E-state index is 0.179. The lowest BCUT2D eigenvalue weighted by Gasteiger charge is -2.28. The van der Waals surface area contributed by atoms with Gasteiger partial charge in [0.25, 0.3) is 0 Å². The van der Waals surface area contributed by atoms with Crippen LogP contribution in [0.2, 0.25) is 0 Å². The number of allylic oxidation sites excluding steroid dienone is 1. The lowest BCUT2D eigenvalue weighted by atomic mass is 9.88. The molecule has 1 rings (SSSR count). The first-order valence-electron chi connectivity index (χ1n) is 4.45. The standard InChI is InChI=1S/C10H18O2/c1-7-5-8(2)10(12-4)9(6-7)11-3/h7,9H,5-6H2,1-4H3. The number of methoxy groups -OCH3 is 2. The van der Waals surface area contributed by atoms with Crippen LogP contribution in [0.15, 0.2) is 11.3 Å². The molecule has 0 heterocycles. The SMILES string of the molecule is COC1=C(C)CC(C)CC1OC. The van der Waals surface area contributed by atoms with Gasteiger partial charge in [-0.2, -0.15) is 0 Å². The van der Waals surface area contributed by atoms with Crippen LogP contribution in [0.1, 0.15) is 26.7 Å². The summed E-state index contributed by atoms with van der Waals surface area (Å²) < 4.78 is 10.7. The minimum absolute atomic E-state index is 0.179. The van der Waals surface area contributed by atoms with Gasteiger partial charge >= 0.3 is 0 Å². The Kier molecular flexibility index (Phi) is 3.15. The molecule has 0 N–H and O–H groups in total. The van der Waals surface area contributed by atoms with Crippen molar-refractivity contribution in [2.45, 2.75) is 32.8 Å². The van der Waals surface area contributed by atoms with Gasteiger partial charge in [0.05, 0.1) is 7.11 Å². The largest absolute Gasteiger partial charge is 0.498 e. The van der Waals surface area contributed by atoms with E-state index < -0.39 is 0 Å². The number of hydrogen-bond acceptors (Lipinski definition) is 2. The Morgan fingerprint density at radius 3 is 2.50 bits per heavy atom. The van der Waals surface area contributed by atoms with Crippen LogP contribution in [0.25, 0.3) is 0 Å². The number of rotatable bonds is 2. The third kappa shape index (κ3) is 1.81. The van der Waals surface area contributed by atoms with Crippen molar-refractivity contribution in [3.63, 3.8) is 0 Å². The molecule has 0 amide bonds. The van der Waals surface area contributed by atoms with Crippen molar-refractivity contribution in [2.75, 3.05) is 14.2 Å². The second-order valence-electron chi connectivity index (χ2n) is 3.62. The Balaban J connectivity index is 2.79. The fraction of sp³-hybridized carbons (Fsp3) is 0.800. The van der Waals surface area contributed by atoms with Gasteiger partial charge in [-0.25, -0.2) is 0 Å². The Morgan fingerprint density at radius 1 is 1.33 bits per heavy atom. The number of hydrogen-bond donors (Lipinski definition) is 0. The summed E-state index contributed by atoms with van der Waals surface area (Å²) in [4.78, 5) is 0. The summed E-state index contributed by atoms with van der Waals surface area (Å²) in [5.74, 6) is 1.75. The zero-order valence-electron chi connectivity index (χ0n) is 8.39. The van der Waals surface area contributed by atoms with E-state index in [1.165, 1.54) is 5.57 Å². The van der Waals surface area contributed by atoms with Crippen LogP contribution in [-0.2, 0) is 9.47 Å². The summed E-state index contributed by atoms with van der Waals surface area (Å²) in [5.41, 5.74) is 1.34. The molecule has 2 heteroatoms. The molecule has 0 aromatic carbocycles. The van der Waals surface area contributed by atoms with E-state index in [0.717, 1.165) is 18.6 Å². The lowest BCUT2D eigenvalue weighted by Crippen LogP contribution is -2.24. The monoisotopic (exact) mass is 170 g/mol. The Morgan fingerprint density at radius 2 is 2.00 bits per heavy atom. The number of ether oxygens (including phenoxy) is 2. The molecule has 2 atom stereocenters. The fourth-order valence-electron chi connectivity index (χ4n) is 1.96. The highest BCUT2D eigenvalue weighted by atomic mass is 16.5. The molecule has 0 aromatic rings. The molecule has 0 fully saturated rings. The van der Waals surface area contributed by atoms with Gasteiger partial charge in [0.1, 0.15) is 11.9 Å². The molecule has 70 valence electrons. The van der Waals surface area contributed by atoms with Crippen molar-refractivity contribution in [1.29, 1.82) is 0 Å². The summed E-state index contributed by atoms with van der Waals surface area (Å²) in [7, 11) is 3.47. The van der Waals surface area contributed by atoms with Gasteiger partial charge < -0.3 is 9.47 Å². The second-order valence-corrected chi connectivity index (χ2v) is 3.62. The van der Waals surface area contributed by atoms with Crippen LogP contribution >= 0.6 is 0 Å². The van der Waals surface area contributed by atoms with Crippen molar-refractivity contribution < 1.29 is 9.47 Å². The van der Waals surface area contributed by atoms with Gasteiger partial charge in [-0.05, 0) is 31.3 Å². The average Bonchev–Trinajstić information content (AvgIpc) is 2.03. The molecular formula is C10H18O2. The first-order valence-corrected chi connectivity index (χ1v) is 4.45. The van der Waals surface area contributed by atoms with Gasteiger partial charge in [0.2, 0.25) is 0 Å². The predicted molar refractivity (Wildman–Crippen MR) is 48.9 cm³/mol. The molecule has 1 aliphatic rings. The maximum Gasteiger partial charge on any atom is 0.123 e. The van der Waals surface area contributed by atoms with E-state index in [0.29, 0.717) is 5.92 Å². The zero-order valence-corrected chi connectivity index (χ0v) is 8.39. The van der Waals surface area contributed by atoms with Crippen molar-refractivity contribution in [3.05, 3.63) is 11.3 Å². The summed E-state index contributed by atoms with van der Waals surface area (Å²) in [6.07, 6.45) is 2.40. The summed E-state index contributed by atoms with van der Waals surface area (Å²) >= 11 is 0. The molecule has 1 aliphatic carbocycles. The van der Waals surface area contributed by atoms with Crippen LogP contribution in [-0.4, -0.2) is 20.3 Å². The van der Waals surface area contributed by atoms with Crippen LogP contribution in [0, 0.1) is 5.92 Å². The predicted octanol–water partition coefficient (Wildman–Crippen LogP) is 2.35. The van der Waals surface area contributed by atoms with Gasteiger partial charge in [0.15, 0.2) is 0 Å². The molecule has 0 saturated heterocycles. The molecule has 2 nitrogen and oxygen atoms in total. The maximum atomic E-state index is 5.35. The molecule has 2 unspecified atom stereocenters. The summed E-state index contributed by atoms with van der Waals surface area (Å²) in [6, 6.07) is 0. The van der Waals surface area contributed by atoms with Crippen LogP contribution in [0.5, 0.6) is 0 Å². The molecule has 0 bridgehead atoms. The fourth-order valence-corrected chi connectivity index (χ4v) is 1.96. The van der Waals surface area contributed by atoms with Crippen LogP contribution in [0.3, 0.4) is 0 Å². The van der Waals surface area contributed by atoms with Crippen LogP contribution < -0.4 is 0 Å². The lowest BCUT2D eigenvalue weighted by molar-refractivity contribution is 0.0514. The van der Waals surface area contributed by atoms with Gasteiger partial charge in [-0.3, -0.25) is 0 Å². The quantitative estimate of drug-likeness (QED) is 0.633. The molecule has 12 heavy (non-hydrogen) atoms. The first kappa shape index (κ1) is 9.59. The normalized spacial score (nSPS) is 30.7. The Bertz CT molecular complexity index is 184. The first-order chi connectivity index (χ1) is 5.69. The van der Waals surface area contributed by atoms with Crippen molar-refractivity contribution in [2.24, 2.45) is 5.92 Å². The second kappa shape index (κ2) is 3.94. The third-order valence-corrected chi connectivity index (χ3v) is 2.49. The van der Waals surface area contributed by atoms with Crippen molar-refractivity contribution >= 4 is 0 Å². The molecule has 0 spiro atoms. The maximum absolute atomic E-state index is 5.35. The molecule has 0 saturated carbocycles. The van der Waals surface area contributed by atoms with Crippen molar-refractivity contribution in [3.8, 4) is 0 Å². The van der Waals surface area contributed by atoms with Gasteiger partial charge in [-0.1, -0.05) is 6.92 Å². The third-order valence-electron chi connectivity index (χ3n) is 2.49. The van der Waals surface area contributed by atoms with E-state index in [1.54, 1.807) is 14.2 Å². The zero-order chi connectivity index (χ0) is 9.14. The van der Waals surface area contributed by atoms with Crippen LogP contribution in [0.4, 0.5) is 0 Å². The summed E-state index contributed by atoms with van der Waals surface area (Å²) in [5, 5.41) is 0. The summed E-state index contributed by atoms with van der Waals surface area (Å²) in [6.45, 7) is 4.38. The highest BCUT2D eigenvalue weighted by Crippen LogP contribution is 2.30. The molecular weight excluding hydrogens is 152 g/mol. The Labute approximate surface area is 74.6 Å². The van der Waals surface area contributed by atoms with E-state index >= 15 is 0 Å². The highest BCUT2D eigenvalue weighted by molar-refractivity contribution is 5.15.